The van der Waals surface area contributed by atoms with E-state index in [1.165, 1.54) is 0 Å². The normalized spacial score (nSPS) is 21.2. The first kappa shape index (κ1) is 12.5. The van der Waals surface area contributed by atoms with E-state index in [1.807, 2.05) is 6.07 Å². The highest BCUT2D eigenvalue weighted by Crippen LogP contribution is 2.30. The zero-order chi connectivity index (χ0) is 12.3. The average Bonchev–Trinajstić information content (AvgIpc) is 2.32. The average molecular weight is 253 g/mol. The first-order chi connectivity index (χ1) is 8.16. The van der Waals surface area contributed by atoms with Crippen molar-refractivity contribution in [3.8, 4) is 5.75 Å². The molecule has 17 heavy (non-hydrogen) atoms. The second-order valence-corrected chi connectivity index (χ2v) is 4.81. The predicted molar refractivity (Wildman–Crippen MR) is 69.5 cm³/mol. The maximum absolute atomic E-state index is 9.70. The first-order valence-corrected chi connectivity index (χ1v) is 6.35. The largest absolute Gasteiger partial charge is 0.486 e. The highest BCUT2D eigenvalue weighted by atomic mass is 35.5. The van der Waals surface area contributed by atoms with E-state index in [-0.39, 0.29) is 6.10 Å². The summed E-state index contributed by atoms with van der Waals surface area (Å²) in [4.78, 5) is 0. The molecule has 0 radical (unpaired) electrons. The molecule has 3 heteroatoms. The molecule has 1 N–H and O–H groups in total. The molecule has 2 rings (SSSR count). The fraction of sp³-hybridized carbons (Fsp3) is 0.429. The maximum Gasteiger partial charge on any atom is 0.126 e. The van der Waals surface area contributed by atoms with E-state index in [1.54, 1.807) is 19.1 Å². The lowest BCUT2D eigenvalue weighted by molar-refractivity contribution is 0.180. The number of aliphatic hydroxyl groups excluding tert-OH is 1. The molecule has 0 aliphatic heterocycles. The quantitative estimate of drug-likeness (QED) is 0.828. The van der Waals surface area contributed by atoms with E-state index < -0.39 is 6.10 Å². The van der Waals surface area contributed by atoms with E-state index in [0.717, 1.165) is 30.6 Å². The van der Waals surface area contributed by atoms with Crippen LogP contribution in [0.15, 0.2) is 30.4 Å². The monoisotopic (exact) mass is 252 g/mol. The summed E-state index contributed by atoms with van der Waals surface area (Å²) in [6, 6.07) is 5.37. The van der Waals surface area contributed by atoms with Gasteiger partial charge in [-0.2, -0.15) is 0 Å². The second kappa shape index (κ2) is 5.56. The summed E-state index contributed by atoms with van der Waals surface area (Å²) >= 11 is 5.92. The van der Waals surface area contributed by atoms with Crippen LogP contribution in [-0.2, 0) is 0 Å². The summed E-state index contributed by atoms with van der Waals surface area (Å²) in [7, 11) is 0. The molecule has 0 fully saturated rings. The third-order valence-corrected chi connectivity index (χ3v) is 3.15. The Kier molecular flexibility index (Phi) is 4.08. The third-order valence-electron chi connectivity index (χ3n) is 2.91. The van der Waals surface area contributed by atoms with E-state index in [4.69, 9.17) is 16.3 Å². The summed E-state index contributed by atoms with van der Waals surface area (Å²) in [5.41, 5.74) is 0.747. The Balaban J connectivity index is 2.19. The molecule has 0 heterocycles. The van der Waals surface area contributed by atoms with Crippen LogP contribution in [0.2, 0.25) is 5.02 Å². The van der Waals surface area contributed by atoms with E-state index in [9.17, 15) is 5.11 Å². The number of allylic oxidation sites excluding steroid dienone is 1. The fourth-order valence-electron chi connectivity index (χ4n) is 2.00. The van der Waals surface area contributed by atoms with Crippen molar-refractivity contribution >= 4 is 11.6 Å². The first-order valence-electron chi connectivity index (χ1n) is 5.97. The molecule has 1 aliphatic carbocycles. The summed E-state index contributed by atoms with van der Waals surface area (Å²) in [5.74, 6) is 0.723. The Labute approximate surface area is 107 Å². The van der Waals surface area contributed by atoms with Crippen molar-refractivity contribution in [1.29, 1.82) is 0 Å². The molecular formula is C14H17ClO2. The molecule has 2 unspecified atom stereocenters. The van der Waals surface area contributed by atoms with Gasteiger partial charge < -0.3 is 9.84 Å². The number of benzene rings is 1. The van der Waals surface area contributed by atoms with Crippen molar-refractivity contribution in [3.05, 3.63) is 40.9 Å². The van der Waals surface area contributed by atoms with Gasteiger partial charge in [-0.3, -0.25) is 0 Å². The van der Waals surface area contributed by atoms with Crippen molar-refractivity contribution in [2.45, 2.75) is 38.4 Å². The summed E-state index contributed by atoms with van der Waals surface area (Å²) in [5, 5.41) is 10.3. The molecule has 0 bridgehead atoms. The number of hydrogen-bond donors (Lipinski definition) is 1. The van der Waals surface area contributed by atoms with Gasteiger partial charge in [0.1, 0.15) is 11.9 Å². The van der Waals surface area contributed by atoms with Crippen LogP contribution in [0.25, 0.3) is 0 Å². The third kappa shape index (κ3) is 3.24. The van der Waals surface area contributed by atoms with Gasteiger partial charge in [0.15, 0.2) is 0 Å². The molecule has 2 atom stereocenters. The minimum Gasteiger partial charge on any atom is -0.486 e. The Morgan fingerprint density at radius 2 is 2.29 bits per heavy atom. The Morgan fingerprint density at radius 1 is 1.47 bits per heavy atom. The predicted octanol–water partition coefficient (Wildman–Crippen LogP) is 3.88. The summed E-state index contributed by atoms with van der Waals surface area (Å²) in [6.45, 7) is 1.72. The molecule has 0 aromatic heterocycles. The number of ether oxygens (including phenoxy) is 1. The van der Waals surface area contributed by atoms with Gasteiger partial charge in [-0.15, -0.1) is 0 Å². The van der Waals surface area contributed by atoms with Crippen molar-refractivity contribution in [2.75, 3.05) is 0 Å². The minimum atomic E-state index is -0.573. The standard InChI is InChI=1S/C14H17ClO2/c1-10(16)13-9-11(15)7-8-14(13)17-12-5-3-2-4-6-12/h3,5,7-10,12,16H,2,4,6H2,1H3. The Morgan fingerprint density at radius 3 is 2.94 bits per heavy atom. The van der Waals surface area contributed by atoms with Gasteiger partial charge in [0, 0.05) is 10.6 Å². The van der Waals surface area contributed by atoms with E-state index in [2.05, 4.69) is 12.2 Å². The van der Waals surface area contributed by atoms with Crippen LogP contribution in [0.4, 0.5) is 0 Å². The number of rotatable bonds is 3. The molecule has 2 nitrogen and oxygen atoms in total. The molecule has 1 aliphatic rings. The Bertz CT molecular complexity index is 413. The number of hydrogen-bond acceptors (Lipinski definition) is 2. The van der Waals surface area contributed by atoms with Crippen LogP contribution in [0.3, 0.4) is 0 Å². The number of aliphatic hydroxyl groups is 1. The smallest absolute Gasteiger partial charge is 0.126 e. The highest BCUT2D eigenvalue weighted by molar-refractivity contribution is 6.30. The molecule has 1 aromatic carbocycles. The zero-order valence-corrected chi connectivity index (χ0v) is 10.7. The fourth-order valence-corrected chi connectivity index (χ4v) is 2.18. The number of halogens is 1. The molecule has 92 valence electrons. The van der Waals surface area contributed by atoms with Gasteiger partial charge in [0.25, 0.3) is 0 Å². The molecular weight excluding hydrogens is 236 g/mol. The van der Waals surface area contributed by atoms with E-state index in [0.29, 0.717) is 5.02 Å². The van der Waals surface area contributed by atoms with Crippen molar-refractivity contribution < 1.29 is 9.84 Å². The van der Waals surface area contributed by atoms with Crippen molar-refractivity contribution in [1.82, 2.24) is 0 Å². The van der Waals surface area contributed by atoms with Gasteiger partial charge in [-0.1, -0.05) is 17.7 Å². The maximum atomic E-state index is 9.70. The van der Waals surface area contributed by atoms with Gasteiger partial charge in [-0.05, 0) is 50.5 Å². The van der Waals surface area contributed by atoms with Crippen molar-refractivity contribution in [3.63, 3.8) is 0 Å². The molecule has 0 saturated heterocycles. The van der Waals surface area contributed by atoms with Gasteiger partial charge in [-0.25, -0.2) is 0 Å². The summed E-state index contributed by atoms with van der Waals surface area (Å²) < 4.78 is 5.90. The lowest BCUT2D eigenvalue weighted by atomic mass is 10.0. The van der Waals surface area contributed by atoms with E-state index >= 15 is 0 Å². The highest BCUT2D eigenvalue weighted by Gasteiger charge is 2.15. The molecule has 0 spiro atoms. The van der Waals surface area contributed by atoms with Crippen LogP contribution in [-0.4, -0.2) is 11.2 Å². The van der Waals surface area contributed by atoms with Gasteiger partial charge in [0.2, 0.25) is 0 Å². The molecule has 0 amide bonds. The van der Waals surface area contributed by atoms with Crippen LogP contribution in [0, 0.1) is 0 Å². The molecule has 0 saturated carbocycles. The second-order valence-electron chi connectivity index (χ2n) is 4.37. The zero-order valence-electron chi connectivity index (χ0n) is 9.90. The van der Waals surface area contributed by atoms with Crippen molar-refractivity contribution in [2.24, 2.45) is 0 Å². The van der Waals surface area contributed by atoms with Gasteiger partial charge in [0.05, 0.1) is 6.10 Å². The lowest BCUT2D eigenvalue weighted by Crippen LogP contribution is -2.16. The minimum absolute atomic E-state index is 0.113. The van der Waals surface area contributed by atoms with Crippen LogP contribution in [0.5, 0.6) is 5.75 Å². The topological polar surface area (TPSA) is 29.5 Å². The Hall–Kier alpha value is -0.990. The molecule has 1 aromatic rings. The summed E-state index contributed by atoms with van der Waals surface area (Å²) in [6.07, 6.45) is 7.08. The SMILES string of the molecule is CC(O)c1cc(Cl)ccc1OC1C=CCCC1. The van der Waals surface area contributed by atoms with Gasteiger partial charge >= 0.3 is 0 Å². The lowest BCUT2D eigenvalue weighted by Gasteiger charge is -2.21. The van der Waals surface area contributed by atoms with Crippen LogP contribution >= 0.6 is 11.6 Å². The van der Waals surface area contributed by atoms with Crippen LogP contribution < -0.4 is 4.74 Å². The van der Waals surface area contributed by atoms with Crippen LogP contribution in [0.1, 0.15) is 37.9 Å².